The fourth-order valence-corrected chi connectivity index (χ4v) is 2.40. The van der Waals surface area contributed by atoms with Crippen molar-refractivity contribution in [2.24, 2.45) is 5.84 Å². The molecule has 9 nitrogen and oxygen atoms in total. The fraction of sp³-hybridized carbons (Fsp3) is 0.818. The zero-order valence-electron chi connectivity index (χ0n) is 12.1. The number of carbonyl (C=O) groups is 2. The molecular formula is C11H20N4O5P2. The van der Waals surface area contributed by atoms with E-state index < -0.39 is 34.3 Å². The lowest BCUT2D eigenvalue weighted by atomic mass is 10.3. The first-order chi connectivity index (χ1) is 10.5. The molecule has 0 aliphatic carbocycles. The van der Waals surface area contributed by atoms with Crippen LogP contribution < -0.4 is 11.2 Å². The number of nitrogens with one attached hydrogen (secondary N) is 1. The molecule has 3 N–H and O–H groups in total. The molecule has 0 bridgehead atoms. The van der Waals surface area contributed by atoms with Gasteiger partial charge in [0, 0.05) is 39.1 Å². The van der Waals surface area contributed by atoms with Crippen LogP contribution in [0.5, 0.6) is 0 Å². The van der Waals surface area contributed by atoms with Crippen LogP contribution in [-0.2, 0) is 23.5 Å². The van der Waals surface area contributed by atoms with Crippen molar-refractivity contribution in [3.05, 3.63) is 0 Å². The summed E-state index contributed by atoms with van der Waals surface area (Å²) >= 11 is 0. The van der Waals surface area contributed by atoms with Crippen molar-refractivity contribution in [2.75, 3.05) is 39.3 Å². The Hall–Kier alpha value is -0.980. The first kappa shape index (κ1) is 19.1. The van der Waals surface area contributed by atoms with Gasteiger partial charge in [-0.1, -0.05) is 0 Å². The zero-order chi connectivity index (χ0) is 16.4. The van der Waals surface area contributed by atoms with E-state index in [1.165, 1.54) is 0 Å². The monoisotopic (exact) mass is 350 g/mol. The number of hydrazine groups is 1. The van der Waals surface area contributed by atoms with Crippen LogP contribution in [0.2, 0.25) is 0 Å². The molecule has 0 unspecified atom stereocenters. The van der Waals surface area contributed by atoms with Gasteiger partial charge in [-0.2, -0.15) is 0 Å². The molecule has 1 rings (SSSR count). The van der Waals surface area contributed by atoms with Gasteiger partial charge in [0.2, 0.25) is 5.91 Å². The van der Waals surface area contributed by atoms with E-state index in [0.717, 1.165) is 26.2 Å². The average Bonchev–Trinajstić information content (AvgIpc) is 2.52. The summed E-state index contributed by atoms with van der Waals surface area (Å²) in [5.74, 6) is 4.68. The SMILES string of the molecule is NN1CCN(CCOC(=O)CCC(=O)NC(P=O)P=O)CC1. The molecule has 0 spiro atoms. The molecule has 1 heterocycles. The van der Waals surface area contributed by atoms with E-state index in [1.54, 1.807) is 5.01 Å². The highest BCUT2D eigenvalue weighted by Gasteiger charge is 2.16. The van der Waals surface area contributed by atoms with Crippen molar-refractivity contribution < 1.29 is 23.5 Å². The molecule has 1 aliphatic rings. The van der Waals surface area contributed by atoms with Gasteiger partial charge in [-0.25, -0.2) is 5.01 Å². The van der Waals surface area contributed by atoms with E-state index in [1.807, 2.05) is 0 Å². The molecule has 0 atom stereocenters. The van der Waals surface area contributed by atoms with Gasteiger partial charge in [0.1, 0.15) is 6.61 Å². The number of nitrogens with two attached hydrogens (primary N) is 1. The van der Waals surface area contributed by atoms with Gasteiger partial charge >= 0.3 is 5.97 Å². The molecule has 0 aromatic carbocycles. The number of amides is 1. The molecule has 124 valence electrons. The lowest BCUT2D eigenvalue weighted by molar-refractivity contribution is -0.145. The first-order valence-electron chi connectivity index (χ1n) is 6.87. The maximum Gasteiger partial charge on any atom is 0.306 e. The van der Waals surface area contributed by atoms with Gasteiger partial charge in [0.15, 0.2) is 22.4 Å². The van der Waals surface area contributed by atoms with E-state index in [4.69, 9.17) is 10.6 Å². The molecule has 1 amide bonds. The summed E-state index contributed by atoms with van der Waals surface area (Å²) in [5, 5.41) is 4.01. The predicted octanol–water partition coefficient (Wildman–Crippen LogP) is -0.216. The maximum atomic E-state index is 11.5. The molecular weight excluding hydrogens is 330 g/mol. The van der Waals surface area contributed by atoms with Crippen molar-refractivity contribution >= 4 is 28.8 Å². The highest BCUT2D eigenvalue weighted by Crippen LogP contribution is 2.15. The van der Waals surface area contributed by atoms with E-state index in [2.05, 4.69) is 10.2 Å². The van der Waals surface area contributed by atoms with E-state index in [-0.39, 0.29) is 19.4 Å². The van der Waals surface area contributed by atoms with E-state index in [9.17, 15) is 18.7 Å². The lowest BCUT2D eigenvalue weighted by Gasteiger charge is -2.31. The van der Waals surface area contributed by atoms with Crippen LogP contribution in [0.15, 0.2) is 0 Å². The predicted molar refractivity (Wildman–Crippen MR) is 79.5 cm³/mol. The number of nitrogens with zero attached hydrogens (tertiary/aromatic N) is 2. The Morgan fingerprint density at radius 2 is 1.77 bits per heavy atom. The van der Waals surface area contributed by atoms with Gasteiger partial charge in [0.05, 0.1) is 6.42 Å². The second-order valence-electron chi connectivity index (χ2n) is 4.75. The zero-order valence-corrected chi connectivity index (χ0v) is 13.9. The summed E-state index contributed by atoms with van der Waals surface area (Å²) in [4.78, 5) is 25.0. The molecule has 1 saturated heterocycles. The van der Waals surface area contributed by atoms with Gasteiger partial charge in [-0.05, 0) is 0 Å². The average molecular weight is 350 g/mol. The van der Waals surface area contributed by atoms with Gasteiger partial charge < -0.3 is 10.1 Å². The van der Waals surface area contributed by atoms with Crippen LogP contribution in [0.4, 0.5) is 0 Å². The molecule has 1 aliphatic heterocycles. The summed E-state index contributed by atoms with van der Waals surface area (Å²) in [6.07, 6.45) is -0.160. The van der Waals surface area contributed by atoms with Crippen LogP contribution >= 0.6 is 16.9 Å². The highest BCUT2D eigenvalue weighted by molar-refractivity contribution is 7.44. The van der Waals surface area contributed by atoms with Gasteiger partial charge in [-0.15, -0.1) is 0 Å². The number of esters is 1. The standard InChI is InChI=1S/C11H20N4O5P2/c12-15-5-3-14(4-6-15)7-8-20-10(17)2-1-9(16)13-11(21-18)22-19/h11H,1-8,12H2,(H,13,16). The normalized spacial score (nSPS) is 18.2. The molecule has 0 radical (unpaired) electrons. The van der Waals surface area contributed by atoms with Crippen LogP contribution in [0.25, 0.3) is 0 Å². The Kier molecular flexibility index (Phi) is 9.27. The highest BCUT2D eigenvalue weighted by atomic mass is 31.1. The van der Waals surface area contributed by atoms with Gasteiger partial charge in [0.25, 0.3) is 0 Å². The summed E-state index contributed by atoms with van der Waals surface area (Å²) < 4.78 is 26.0. The van der Waals surface area contributed by atoms with Crippen molar-refractivity contribution in [1.29, 1.82) is 0 Å². The minimum Gasteiger partial charge on any atom is -0.464 e. The molecule has 0 aromatic rings. The van der Waals surface area contributed by atoms with E-state index >= 15 is 0 Å². The van der Waals surface area contributed by atoms with Crippen molar-refractivity contribution in [2.45, 2.75) is 18.4 Å². The van der Waals surface area contributed by atoms with Gasteiger partial charge in [-0.3, -0.25) is 29.5 Å². The Morgan fingerprint density at radius 1 is 1.14 bits per heavy atom. The van der Waals surface area contributed by atoms with Crippen LogP contribution in [0.1, 0.15) is 12.8 Å². The number of piperazine rings is 1. The first-order valence-corrected chi connectivity index (χ1v) is 8.63. The Morgan fingerprint density at radius 3 is 2.36 bits per heavy atom. The Labute approximate surface area is 131 Å². The lowest BCUT2D eigenvalue weighted by Crippen LogP contribution is -2.50. The van der Waals surface area contributed by atoms with Crippen LogP contribution in [-0.4, -0.2) is 66.6 Å². The van der Waals surface area contributed by atoms with E-state index in [0.29, 0.717) is 6.54 Å². The van der Waals surface area contributed by atoms with Crippen molar-refractivity contribution in [1.82, 2.24) is 15.2 Å². The summed E-state index contributed by atoms with van der Waals surface area (Å²) in [6.45, 7) is 4.14. The smallest absolute Gasteiger partial charge is 0.306 e. The fourth-order valence-electron chi connectivity index (χ4n) is 1.85. The maximum absolute atomic E-state index is 11.5. The van der Waals surface area contributed by atoms with Crippen LogP contribution in [0, 0.1) is 0 Å². The van der Waals surface area contributed by atoms with Crippen molar-refractivity contribution in [3.8, 4) is 0 Å². The number of rotatable bonds is 9. The third kappa shape index (κ3) is 7.87. The quantitative estimate of drug-likeness (QED) is 0.333. The molecule has 0 saturated carbocycles. The minimum absolute atomic E-state index is 0.0688. The number of hydrogen-bond acceptors (Lipinski definition) is 8. The topological polar surface area (TPSA) is 122 Å². The number of ether oxygens (including phenoxy) is 1. The molecule has 11 heteroatoms. The molecule has 22 heavy (non-hydrogen) atoms. The van der Waals surface area contributed by atoms with Crippen LogP contribution in [0.3, 0.4) is 0 Å². The second-order valence-corrected chi connectivity index (χ2v) is 6.61. The largest absolute Gasteiger partial charge is 0.464 e. The third-order valence-electron chi connectivity index (χ3n) is 3.12. The van der Waals surface area contributed by atoms with Crippen molar-refractivity contribution in [3.63, 3.8) is 0 Å². The second kappa shape index (κ2) is 10.7. The summed E-state index contributed by atoms with van der Waals surface area (Å²) in [5.41, 5.74) is -0.968. The molecule has 0 aromatic heterocycles. The summed E-state index contributed by atoms with van der Waals surface area (Å²) in [7, 11) is -0.878. The number of hydrogen-bond donors (Lipinski definition) is 2. The number of carbonyl (C=O) groups excluding carboxylic acids is 2. The third-order valence-corrected chi connectivity index (χ3v) is 4.35. The molecule has 1 fully saturated rings. The summed E-state index contributed by atoms with van der Waals surface area (Å²) in [6, 6.07) is 0. The minimum atomic E-state index is -0.968. The Bertz CT molecular complexity index is 396. The Balaban J connectivity index is 2.09.